The lowest BCUT2D eigenvalue weighted by Gasteiger charge is -2.15. The van der Waals surface area contributed by atoms with Gasteiger partial charge in [0.1, 0.15) is 5.82 Å². The third-order valence-electron chi connectivity index (χ3n) is 3.98. The van der Waals surface area contributed by atoms with Crippen molar-refractivity contribution in [1.29, 1.82) is 0 Å². The summed E-state index contributed by atoms with van der Waals surface area (Å²) in [5, 5.41) is 8.81. The van der Waals surface area contributed by atoms with Crippen LogP contribution < -0.4 is 17.0 Å². The van der Waals surface area contributed by atoms with Crippen molar-refractivity contribution >= 4 is 5.82 Å². The van der Waals surface area contributed by atoms with Crippen LogP contribution in [0.15, 0.2) is 18.5 Å². The van der Waals surface area contributed by atoms with Crippen LogP contribution in [0.1, 0.15) is 50.0 Å². The highest BCUT2D eigenvalue weighted by molar-refractivity contribution is 5.41. The van der Waals surface area contributed by atoms with Gasteiger partial charge in [-0.3, -0.25) is 20.6 Å². The summed E-state index contributed by atoms with van der Waals surface area (Å²) in [6, 6.07) is 2.39. The second-order valence-electron chi connectivity index (χ2n) is 5.29. The molecule has 0 radical (unpaired) electrons. The molecule has 0 aliphatic rings. The first-order valence-corrected chi connectivity index (χ1v) is 7.38. The molecule has 5 N–H and O–H groups in total. The average molecular weight is 291 g/mol. The lowest BCUT2D eigenvalue weighted by Crippen LogP contribution is -2.30. The molecule has 0 aliphatic heterocycles. The lowest BCUT2D eigenvalue weighted by atomic mass is 10.1. The van der Waals surface area contributed by atoms with E-state index in [0.29, 0.717) is 18.3 Å². The highest BCUT2D eigenvalue weighted by Gasteiger charge is 2.18. The van der Waals surface area contributed by atoms with Crippen LogP contribution in [-0.2, 0) is 13.5 Å². The molecular weight excluding hydrogens is 266 g/mol. The molecule has 2 heterocycles. The van der Waals surface area contributed by atoms with Crippen molar-refractivity contribution in [3.8, 4) is 0 Å². The standard InChI is InChI=1S/C14H25N7/c1-4-11(5-2)21-7-6-10(19-21)8-13(18-16)12-9-17-20(3)14(12)15/h6-7,9,11,13,18H,4-5,8,15-16H2,1-3H3. The Bertz CT molecular complexity index is 568. The smallest absolute Gasteiger partial charge is 0.126 e. The summed E-state index contributed by atoms with van der Waals surface area (Å²) in [5.41, 5.74) is 10.7. The Morgan fingerprint density at radius 1 is 1.33 bits per heavy atom. The van der Waals surface area contributed by atoms with Gasteiger partial charge in [0.15, 0.2) is 0 Å². The fourth-order valence-corrected chi connectivity index (χ4v) is 2.55. The molecule has 0 aliphatic carbocycles. The van der Waals surface area contributed by atoms with Gasteiger partial charge in [0.25, 0.3) is 0 Å². The SMILES string of the molecule is CCC(CC)n1ccc(CC(NN)c2cnn(C)c2N)n1. The summed E-state index contributed by atoms with van der Waals surface area (Å²) in [5.74, 6) is 6.30. The Kier molecular flexibility index (Phi) is 4.98. The number of hydrogen-bond donors (Lipinski definition) is 3. The first kappa shape index (κ1) is 15.5. The van der Waals surface area contributed by atoms with E-state index in [9.17, 15) is 0 Å². The van der Waals surface area contributed by atoms with E-state index < -0.39 is 0 Å². The molecule has 1 atom stereocenters. The molecule has 21 heavy (non-hydrogen) atoms. The Balaban J connectivity index is 2.14. The van der Waals surface area contributed by atoms with Gasteiger partial charge in [-0.25, -0.2) is 0 Å². The van der Waals surface area contributed by atoms with Crippen LogP contribution in [0.4, 0.5) is 5.82 Å². The first-order valence-electron chi connectivity index (χ1n) is 7.38. The summed E-state index contributed by atoms with van der Waals surface area (Å²) < 4.78 is 3.68. The van der Waals surface area contributed by atoms with Crippen LogP contribution in [0, 0.1) is 0 Å². The quantitative estimate of drug-likeness (QED) is 0.527. The maximum absolute atomic E-state index is 6.01. The molecule has 0 bridgehead atoms. The number of nitrogen functional groups attached to an aromatic ring is 1. The van der Waals surface area contributed by atoms with Gasteiger partial charge in [-0.15, -0.1) is 0 Å². The normalized spacial score (nSPS) is 13.0. The van der Waals surface area contributed by atoms with Crippen LogP contribution in [0.2, 0.25) is 0 Å². The van der Waals surface area contributed by atoms with E-state index in [4.69, 9.17) is 11.6 Å². The Morgan fingerprint density at radius 2 is 2.05 bits per heavy atom. The van der Waals surface area contributed by atoms with Crippen LogP contribution in [0.25, 0.3) is 0 Å². The predicted molar refractivity (Wildman–Crippen MR) is 83.2 cm³/mol. The second-order valence-corrected chi connectivity index (χ2v) is 5.29. The van der Waals surface area contributed by atoms with E-state index in [1.807, 2.05) is 24.0 Å². The molecule has 7 heteroatoms. The number of anilines is 1. The number of aryl methyl sites for hydroxylation is 1. The molecule has 7 nitrogen and oxygen atoms in total. The number of hydrogen-bond acceptors (Lipinski definition) is 5. The van der Waals surface area contributed by atoms with Crippen molar-refractivity contribution in [3.05, 3.63) is 29.7 Å². The first-order chi connectivity index (χ1) is 10.1. The monoisotopic (exact) mass is 291 g/mol. The molecule has 0 fully saturated rings. The Morgan fingerprint density at radius 3 is 2.57 bits per heavy atom. The zero-order valence-corrected chi connectivity index (χ0v) is 13.0. The van der Waals surface area contributed by atoms with Crippen LogP contribution in [-0.4, -0.2) is 19.6 Å². The number of nitrogens with one attached hydrogen (secondary N) is 1. The fourth-order valence-electron chi connectivity index (χ4n) is 2.55. The van der Waals surface area contributed by atoms with E-state index in [-0.39, 0.29) is 6.04 Å². The lowest BCUT2D eigenvalue weighted by molar-refractivity contribution is 0.422. The van der Waals surface area contributed by atoms with Crippen molar-refractivity contribution in [2.24, 2.45) is 12.9 Å². The molecule has 116 valence electrons. The fraction of sp³-hybridized carbons (Fsp3) is 0.571. The van der Waals surface area contributed by atoms with Gasteiger partial charge in [0, 0.05) is 25.2 Å². The molecule has 2 aromatic rings. The molecule has 0 amide bonds. The summed E-state index contributed by atoms with van der Waals surface area (Å²) in [6.07, 6.45) is 6.61. The zero-order chi connectivity index (χ0) is 15.4. The minimum Gasteiger partial charge on any atom is -0.384 e. The van der Waals surface area contributed by atoms with E-state index in [0.717, 1.165) is 24.1 Å². The van der Waals surface area contributed by atoms with Gasteiger partial charge in [0.2, 0.25) is 0 Å². The van der Waals surface area contributed by atoms with Gasteiger partial charge in [-0.2, -0.15) is 10.2 Å². The van der Waals surface area contributed by atoms with Crippen LogP contribution >= 0.6 is 0 Å². The number of nitrogens with two attached hydrogens (primary N) is 2. The highest BCUT2D eigenvalue weighted by Crippen LogP contribution is 2.23. The Labute approximate surface area is 125 Å². The van der Waals surface area contributed by atoms with Crippen molar-refractivity contribution in [3.63, 3.8) is 0 Å². The van der Waals surface area contributed by atoms with Gasteiger partial charge in [-0.1, -0.05) is 13.8 Å². The molecule has 1 unspecified atom stereocenters. The molecule has 0 aromatic carbocycles. The van der Waals surface area contributed by atoms with E-state index in [1.54, 1.807) is 10.9 Å². The van der Waals surface area contributed by atoms with Gasteiger partial charge < -0.3 is 5.73 Å². The topological polar surface area (TPSA) is 99.7 Å². The average Bonchev–Trinajstić information content (AvgIpc) is 3.07. The van der Waals surface area contributed by atoms with Gasteiger partial charge in [-0.05, 0) is 18.9 Å². The summed E-state index contributed by atoms with van der Waals surface area (Å²) in [6.45, 7) is 4.35. The summed E-state index contributed by atoms with van der Waals surface area (Å²) in [7, 11) is 1.81. The third kappa shape index (κ3) is 3.25. The second kappa shape index (κ2) is 6.73. The summed E-state index contributed by atoms with van der Waals surface area (Å²) in [4.78, 5) is 0. The molecular formula is C14H25N7. The predicted octanol–water partition coefficient (Wildman–Crippen LogP) is 1.31. The van der Waals surface area contributed by atoms with E-state index in [2.05, 4.69) is 29.5 Å². The number of nitrogens with zero attached hydrogens (tertiary/aromatic N) is 4. The van der Waals surface area contributed by atoms with Crippen molar-refractivity contribution in [1.82, 2.24) is 25.0 Å². The van der Waals surface area contributed by atoms with Crippen molar-refractivity contribution in [2.75, 3.05) is 5.73 Å². The maximum Gasteiger partial charge on any atom is 0.126 e. The number of rotatable bonds is 7. The minimum absolute atomic E-state index is 0.0937. The van der Waals surface area contributed by atoms with Gasteiger partial charge >= 0.3 is 0 Å². The largest absolute Gasteiger partial charge is 0.384 e. The van der Waals surface area contributed by atoms with Crippen molar-refractivity contribution < 1.29 is 0 Å². The minimum atomic E-state index is -0.0937. The van der Waals surface area contributed by atoms with Crippen LogP contribution in [0.3, 0.4) is 0 Å². The van der Waals surface area contributed by atoms with Crippen molar-refractivity contribution in [2.45, 2.75) is 45.2 Å². The number of hydrazine groups is 1. The highest BCUT2D eigenvalue weighted by atomic mass is 15.3. The number of aromatic nitrogens is 4. The molecule has 2 aromatic heterocycles. The van der Waals surface area contributed by atoms with E-state index in [1.165, 1.54) is 0 Å². The molecule has 0 saturated carbocycles. The van der Waals surface area contributed by atoms with Crippen LogP contribution in [0.5, 0.6) is 0 Å². The van der Waals surface area contributed by atoms with Gasteiger partial charge in [0.05, 0.1) is 24.0 Å². The molecule has 0 saturated heterocycles. The molecule has 2 rings (SSSR count). The Hall–Kier alpha value is -1.86. The molecule has 0 spiro atoms. The zero-order valence-electron chi connectivity index (χ0n) is 13.0. The maximum atomic E-state index is 6.01. The third-order valence-corrected chi connectivity index (χ3v) is 3.98. The van der Waals surface area contributed by atoms with E-state index >= 15 is 0 Å². The summed E-state index contributed by atoms with van der Waals surface area (Å²) >= 11 is 0.